The summed E-state index contributed by atoms with van der Waals surface area (Å²) in [5, 5.41) is 11.1. The molecule has 0 aliphatic heterocycles. The maximum absolute atomic E-state index is 14.3. The molecular formula is C14H13FN2O5. The topological polar surface area (TPSA) is 91.6 Å². The number of benzene rings is 1. The second-order valence-corrected chi connectivity index (χ2v) is 4.72. The van der Waals surface area contributed by atoms with Gasteiger partial charge in [-0.1, -0.05) is 0 Å². The fourth-order valence-corrected chi connectivity index (χ4v) is 1.92. The van der Waals surface area contributed by atoms with Crippen LogP contribution in [0.2, 0.25) is 0 Å². The van der Waals surface area contributed by atoms with Crippen LogP contribution in [-0.4, -0.2) is 29.1 Å². The van der Waals surface area contributed by atoms with Gasteiger partial charge in [0.05, 0.1) is 18.1 Å². The summed E-state index contributed by atoms with van der Waals surface area (Å²) in [6.07, 6.45) is -0.241. The van der Waals surface area contributed by atoms with Crippen LogP contribution >= 0.6 is 0 Å². The summed E-state index contributed by atoms with van der Waals surface area (Å²) in [7, 11) is 1.15. The van der Waals surface area contributed by atoms with Crippen molar-refractivity contribution in [3.05, 3.63) is 39.8 Å². The summed E-state index contributed by atoms with van der Waals surface area (Å²) in [4.78, 5) is 25.4. The van der Waals surface area contributed by atoms with E-state index in [0.29, 0.717) is 0 Å². The number of nitro groups is 1. The highest BCUT2D eigenvalue weighted by Gasteiger charge is 2.22. The number of carbonyl (C=O) groups excluding carboxylic acids is 1. The molecule has 0 bridgehead atoms. The number of hydrogen-bond donors (Lipinski definition) is 0. The van der Waals surface area contributed by atoms with Gasteiger partial charge in [-0.25, -0.2) is 9.78 Å². The molecule has 0 aliphatic carbocycles. The Balaban J connectivity index is 2.78. The van der Waals surface area contributed by atoms with Crippen LogP contribution in [0.5, 0.6) is 5.75 Å². The van der Waals surface area contributed by atoms with Gasteiger partial charge in [0, 0.05) is 17.5 Å². The lowest BCUT2D eigenvalue weighted by Gasteiger charge is -2.13. The molecule has 1 aromatic heterocycles. The standard InChI is InChI=1S/C14H13FN2O5/c1-7(2)22-11-6-9(14(18)21-3)16-13-8(11)4-5-10(12(13)15)17(19)20/h4-7H,1-3H3. The average Bonchev–Trinajstić information content (AvgIpc) is 2.46. The van der Waals surface area contributed by atoms with Crippen LogP contribution in [0.4, 0.5) is 10.1 Å². The van der Waals surface area contributed by atoms with Gasteiger partial charge in [0.2, 0.25) is 5.82 Å². The van der Waals surface area contributed by atoms with E-state index in [4.69, 9.17) is 4.74 Å². The molecule has 0 saturated carbocycles. The molecule has 2 aromatic rings. The largest absolute Gasteiger partial charge is 0.490 e. The van der Waals surface area contributed by atoms with Gasteiger partial charge < -0.3 is 9.47 Å². The fourth-order valence-electron chi connectivity index (χ4n) is 1.92. The third kappa shape index (κ3) is 2.80. The van der Waals surface area contributed by atoms with Crippen LogP contribution in [0.15, 0.2) is 18.2 Å². The number of aromatic nitrogens is 1. The van der Waals surface area contributed by atoms with Crippen LogP contribution < -0.4 is 4.74 Å². The summed E-state index contributed by atoms with van der Waals surface area (Å²) >= 11 is 0. The number of pyridine rings is 1. The van der Waals surface area contributed by atoms with Gasteiger partial charge in [-0.3, -0.25) is 10.1 Å². The van der Waals surface area contributed by atoms with E-state index in [1.165, 1.54) is 12.1 Å². The van der Waals surface area contributed by atoms with Crippen molar-refractivity contribution in [2.45, 2.75) is 20.0 Å². The lowest BCUT2D eigenvalue weighted by atomic mass is 10.1. The van der Waals surface area contributed by atoms with E-state index in [1.54, 1.807) is 13.8 Å². The minimum absolute atomic E-state index is 0.190. The van der Waals surface area contributed by atoms with Crippen molar-refractivity contribution < 1.29 is 23.6 Å². The zero-order valence-corrected chi connectivity index (χ0v) is 12.1. The SMILES string of the molecule is COC(=O)c1cc(OC(C)C)c2ccc([N+](=O)[O-])c(F)c2n1. The van der Waals surface area contributed by atoms with E-state index in [0.717, 1.165) is 13.2 Å². The molecule has 8 heteroatoms. The molecule has 0 atom stereocenters. The van der Waals surface area contributed by atoms with E-state index < -0.39 is 22.4 Å². The Morgan fingerprint density at radius 1 is 1.41 bits per heavy atom. The van der Waals surface area contributed by atoms with Gasteiger partial charge in [0.25, 0.3) is 0 Å². The number of nitrogens with zero attached hydrogens (tertiary/aromatic N) is 2. The molecule has 1 heterocycles. The van der Waals surface area contributed by atoms with Gasteiger partial charge in [-0.2, -0.15) is 4.39 Å². The van der Waals surface area contributed by atoms with Crippen molar-refractivity contribution in [1.29, 1.82) is 0 Å². The predicted octanol–water partition coefficient (Wildman–Crippen LogP) is 2.86. The van der Waals surface area contributed by atoms with Crippen LogP contribution in [0, 0.1) is 15.9 Å². The summed E-state index contributed by atoms with van der Waals surface area (Å²) in [5.41, 5.74) is -1.23. The van der Waals surface area contributed by atoms with Gasteiger partial charge >= 0.3 is 11.7 Å². The van der Waals surface area contributed by atoms with Crippen LogP contribution in [0.25, 0.3) is 10.9 Å². The summed E-state index contributed by atoms with van der Waals surface area (Å²) in [6, 6.07) is 3.69. The minimum Gasteiger partial charge on any atom is -0.490 e. The van der Waals surface area contributed by atoms with Crippen molar-refractivity contribution in [2.24, 2.45) is 0 Å². The van der Waals surface area contributed by atoms with E-state index in [9.17, 15) is 19.3 Å². The third-order valence-corrected chi connectivity index (χ3v) is 2.82. The number of fused-ring (bicyclic) bond motifs is 1. The molecule has 116 valence electrons. The highest BCUT2D eigenvalue weighted by Crippen LogP contribution is 2.32. The monoisotopic (exact) mass is 308 g/mol. The predicted molar refractivity (Wildman–Crippen MR) is 75.5 cm³/mol. The van der Waals surface area contributed by atoms with Crippen LogP contribution in [0.1, 0.15) is 24.3 Å². The van der Waals surface area contributed by atoms with Crippen molar-refractivity contribution in [2.75, 3.05) is 7.11 Å². The smallest absolute Gasteiger partial charge is 0.356 e. The summed E-state index contributed by atoms with van der Waals surface area (Å²) in [5.74, 6) is -1.71. The first kappa shape index (κ1) is 15.6. The minimum atomic E-state index is -1.12. The molecule has 0 amide bonds. The Morgan fingerprint density at radius 2 is 2.09 bits per heavy atom. The van der Waals surface area contributed by atoms with Crippen LogP contribution in [-0.2, 0) is 4.74 Å². The molecule has 1 aromatic carbocycles. The Bertz CT molecular complexity index is 760. The Hall–Kier alpha value is -2.77. The molecule has 0 spiro atoms. The van der Waals surface area contributed by atoms with Gasteiger partial charge in [0.1, 0.15) is 11.3 Å². The number of hydrogen-bond acceptors (Lipinski definition) is 6. The number of ether oxygens (including phenoxy) is 2. The first-order valence-corrected chi connectivity index (χ1v) is 6.37. The normalized spacial score (nSPS) is 10.8. The summed E-state index contributed by atoms with van der Waals surface area (Å²) in [6.45, 7) is 3.51. The molecule has 22 heavy (non-hydrogen) atoms. The van der Waals surface area contributed by atoms with Crippen LogP contribution in [0.3, 0.4) is 0 Å². The number of carbonyl (C=O) groups is 1. The number of esters is 1. The maximum Gasteiger partial charge on any atom is 0.356 e. The zero-order valence-electron chi connectivity index (χ0n) is 12.1. The fraction of sp³-hybridized carbons (Fsp3) is 0.286. The summed E-state index contributed by atoms with van der Waals surface area (Å²) < 4.78 is 24.4. The van der Waals surface area contributed by atoms with Crippen molar-refractivity contribution in [3.8, 4) is 5.75 Å². The lowest BCUT2D eigenvalue weighted by molar-refractivity contribution is -0.387. The second-order valence-electron chi connectivity index (χ2n) is 4.72. The second kappa shape index (κ2) is 5.92. The highest BCUT2D eigenvalue weighted by atomic mass is 19.1. The molecule has 0 saturated heterocycles. The van der Waals surface area contributed by atoms with Crippen molar-refractivity contribution >= 4 is 22.6 Å². The maximum atomic E-state index is 14.3. The van der Waals surface area contributed by atoms with E-state index in [2.05, 4.69) is 9.72 Å². The first-order valence-electron chi connectivity index (χ1n) is 6.37. The molecule has 0 radical (unpaired) electrons. The quantitative estimate of drug-likeness (QED) is 0.490. The zero-order chi connectivity index (χ0) is 16.4. The molecule has 0 aliphatic rings. The number of rotatable bonds is 4. The number of halogens is 1. The first-order chi connectivity index (χ1) is 10.3. The highest BCUT2D eigenvalue weighted by molar-refractivity contribution is 5.95. The Kier molecular flexibility index (Phi) is 4.20. The molecule has 0 unspecified atom stereocenters. The van der Waals surface area contributed by atoms with Gasteiger partial charge in [-0.05, 0) is 19.9 Å². The molecule has 0 N–H and O–H groups in total. The van der Waals surface area contributed by atoms with Gasteiger partial charge in [-0.15, -0.1) is 0 Å². The number of nitro benzene ring substituents is 1. The molecule has 2 rings (SSSR count). The molecule has 0 fully saturated rings. The third-order valence-electron chi connectivity index (χ3n) is 2.82. The Morgan fingerprint density at radius 3 is 2.64 bits per heavy atom. The lowest BCUT2D eigenvalue weighted by Crippen LogP contribution is -2.10. The molecule has 7 nitrogen and oxygen atoms in total. The average molecular weight is 308 g/mol. The van der Waals surface area contributed by atoms with E-state index >= 15 is 0 Å². The van der Waals surface area contributed by atoms with E-state index in [-0.39, 0.29) is 28.5 Å². The number of methoxy groups -OCH3 is 1. The van der Waals surface area contributed by atoms with Gasteiger partial charge in [0.15, 0.2) is 5.69 Å². The molecular weight excluding hydrogens is 295 g/mol. The van der Waals surface area contributed by atoms with E-state index in [1.807, 2.05) is 0 Å². The Labute approximate surface area is 124 Å². The van der Waals surface area contributed by atoms with Crippen molar-refractivity contribution in [3.63, 3.8) is 0 Å². The van der Waals surface area contributed by atoms with Crippen molar-refractivity contribution in [1.82, 2.24) is 4.98 Å².